The third kappa shape index (κ3) is 5.44. The zero-order valence-electron chi connectivity index (χ0n) is 20.9. The number of likely N-dealkylation sites (N-methyl/N-ethyl adjacent to an activating group) is 2. The molecule has 1 aromatic carbocycles. The normalized spacial score (nSPS) is 10.9. The summed E-state index contributed by atoms with van der Waals surface area (Å²) >= 11 is 0. The van der Waals surface area contributed by atoms with Gasteiger partial charge >= 0.3 is 0 Å². The second-order valence-electron chi connectivity index (χ2n) is 8.50. The van der Waals surface area contributed by atoms with Crippen molar-refractivity contribution in [3.8, 4) is 17.0 Å². The van der Waals surface area contributed by atoms with Crippen LogP contribution in [0.2, 0.25) is 0 Å². The molecular weight excluding hydrogens is 456 g/mol. The number of amides is 1. The number of imidazole rings is 1. The smallest absolute Gasteiger partial charge is 0.247 e. The third-order valence-electron chi connectivity index (χ3n) is 5.67. The first kappa shape index (κ1) is 24.7. The van der Waals surface area contributed by atoms with Crippen LogP contribution < -0.4 is 20.3 Å². The number of carbonyl (C=O) groups is 1. The van der Waals surface area contributed by atoms with Gasteiger partial charge in [-0.2, -0.15) is 0 Å². The number of methoxy groups -OCH3 is 1. The van der Waals surface area contributed by atoms with Gasteiger partial charge < -0.3 is 25.2 Å². The number of benzene rings is 1. The van der Waals surface area contributed by atoms with Crippen molar-refractivity contribution in [3.05, 3.63) is 67.9 Å². The molecule has 10 heteroatoms. The van der Waals surface area contributed by atoms with Gasteiger partial charge in [0.15, 0.2) is 5.65 Å². The van der Waals surface area contributed by atoms with Crippen LogP contribution in [0.5, 0.6) is 5.75 Å². The Morgan fingerprint density at radius 1 is 1.14 bits per heavy atom. The Morgan fingerprint density at radius 2 is 1.97 bits per heavy atom. The molecule has 0 radical (unpaired) electrons. The van der Waals surface area contributed by atoms with Gasteiger partial charge in [0, 0.05) is 44.2 Å². The van der Waals surface area contributed by atoms with Crippen LogP contribution in [0.4, 0.5) is 22.9 Å². The molecule has 0 spiro atoms. The van der Waals surface area contributed by atoms with E-state index in [0.29, 0.717) is 28.6 Å². The predicted octanol–water partition coefficient (Wildman–Crippen LogP) is 3.67. The van der Waals surface area contributed by atoms with Crippen LogP contribution in [-0.2, 0) is 4.79 Å². The fraction of sp³-hybridized carbons (Fsp3) is 0.231. The van der Waals surface area contributed by atoms with Gasteiger partial charge in [0.25, 0.3) is 0 Å². The predicted molar refractivity (Wildman–Crippen MR) is 143 cm³/mol. The van der Waals surface area contributed by atoms with Crippen LogP contribution >= 0.6 is 0 Å². The first-order chi connectivity index (χ1) is 17.4. The van der Waals surface area contributed by atoms with E-state index in [-0.39, 0.29) is 5.91 Å². The van der Waals surface area contributed by atoms with Gasteiger partial charge in [-0.05, 0) is 38.4 Å². The molecule has 3 heterocycles. The average Bonchev–Trinajstić information content (AvgIpc) is 3.31. The van der Waals surface area contributed by atoms with Gasteiger partial charge in [0.1, 0.15) is 11.6 Å². The summed E-state index contributed by atoms with van der Waals surface area (Å²) in [7, 11) is 7.62. The van der Waals surface area contributed by atoms with E-state index in [1.165, 1.54) is 6.08 Å². The highest BCUT2D eigenvalue weighted by Crippen LogP contribution is 2.38. The lowest BCUT2D eigenvalue weighted by Crippen LogP contribution is -2.29. The van der Waals surface area contributed by atoms with Crippen LogP contribution in [0.3, 0.4) is 0 Å². The number of rotatable bonds is 10. The highest BCUT2D eigenvalue weighted by molar-refractivity contribution is 6.02. The summed E-state index contributed by atoms with van der Waals surface area (Å²) in [6, 6.07) is 7.60. The zero-order valence-corrected chi connectivity index (χ0v) is 20.9. The first-order valence-corrected chi connectivity index (χ1v) is 11.4. The maximum absolute atomic E-state index is 12.2. The second-order valence-corrected chi connectivity index (χ2v) is 8.50. The van der Waals surface area contributed by atoms with Gasteiger partial charge in [-0.3, -0.25) is 14.2 Å². The van der Waals surface area contributed by atoms with Crippen molar-refractivity contribution in [1.29, 1.82) is 0 Å². The zero-order chi connectivity index (χ0) is 25.7. The van der Waals surface area contributed by atoms with E-state index in [9.17, 15) is 4.79 Å². The van der Waals surface area contributed by atoms with Crippen molar-refractivity contribution in [2.45, 2.75) is 0 Å². The molecular formula is C26H30N8O2. The van der Waals surface area contributed by atoms with Crippen LogP contribution in [0.25, 0.3) is 16.9 Å². The van der Waals surface area contributed by atoms with Gasteiger partial charge in [0.2, 0.25) is 5.91 Å². The van der Waals surface area contributed by atoms with E-state index in [1.54, 1.807) is 31.9 Å². The molecule has 0 aliphatic carbocycles. The summed E-state index contributed by atoms with van der Waals surface area (Å²) in [5, 5.41) is 6.24. The molecule has 4 aromatic rings. The van der Waals surface area contributed by atoms with Crippen molar-refractivity contribution < 1.29 is 9.53 Å². The van der Waals surface area contributed by atoms with E-state index in [4.69, 9.17) is 4.74 Å². The number of hydrogen-bond acceptors (Lipinski definition) is 8. The Hall–Kier alpha value is -4.44. The minimum atomic E-state index is -0.299. The monoisotopic (exact) mass is 486 g/mol. The number of nitrogens with zero attached hydrogens (tertiary/aromatic N) is 6. The van der Waals surface area contributed by atoms with Crippen molar-refractivity contribution >= 4 is 34.4 Å². The van der Waals surface area contributed by atoms with Gasteiger partial charge in [-0.25, -0.2) is 9.97 Å². The number of hydrogen-bond donors (Lipinski definition) is 2. The minimum absolute atomic E-state index is 0.299. The highest BCUT2D eigenvalue weighted by atomic mass is 16.5. The summed E-state index contributed by atoms with van der Waals surface area (Å²) in [6.45, 7) is 5.18. The van der Waals surface area contributed by atoms with Crippen molar-refractivity contribution in [3.63, 3.8) is 0 Å². The summed E-state index contributed by atoms with van der Waals surface area (Å²) in [4.78, 5) is 29.5. The van der Waals surface area contributed by atoms with E-state index in [0.717, 1.165) is 30.0 Å². The van der Waals surface area contributed by atoms with Crippen molar-refractivity contribution in [2.75, 3.05) is 56.9 Å². The number of nitrogens with one attached hydrogen (secondary N) is 2. The molecule has 1 amide bonds. The van der Waals surface area contributed by atoms with Gasteiger partial charge in [-0.15, -0.1) is 0 Å². The number of ether oxygens (including phenoxy) is 1. The van der Waals surface area contributed by atoms with E-state index < -0.39 is 0 Å². The molecule has 2 N–H and O–H groups in total. The fourth-order valence-electron chi connectivity index (χ4n) is 3.73. The van der Waals surface area contributed by atoms with Crippen LogP contribution in [0, 0.1) is 0 Å². The lowest BCUT2D eigenvalue weighted by molar-refractivity contribution is -0.111. The Labute approximate surface area is 210 Å². The lowest BCUT2D eigenvalue weighted by Gasteiger charge is -2.26. The lowest BCUT2D eigenvalue weighted by atomic mass is 10.2. The minimum Gasteiger partial charge on any atom is -0.494 e. The molecule has 186 valence electrons. The van der Waals surface area contributed by atoms with E-state index >= 15 is 0 Å². The van der Waals surface area contributed by atoms with Crippen LogP contribution in [0.1, 0.15) is 0 Å². The van der Waals surface area contributed by atoms with E-state index in [1.807, 2.05) is 56.0 Å². The quantitative estimate of drug-likeness (QED) is 0.328. The third-order valence-corrected chi connectivity index (χ3v) is 5.67. The maximum Gasteiger partial charge on any atom is 0.247 e. The summed E-state index contributed by atoms with van der Waals surface area (Å²) < 4.78 is 7.65. The number of carbonyl (C=O) groups excluding carboxylic acids is 1. The standard InChI is InChI=1S/C26H30N8O2/c1-6-26(35)31-19-12-20(23(36-5)13-21(19)33(4)11-10-32(2)3)30-24-17-34-22(15-29-25(34)16-28-24)18-8-7-9-27-14-18/h6-9,12-17,30H,1,10-11H2,2-5H3,(H,31,35). The number of fused-ring (bicyclic) bond motifs is 1. The van der Waals surface area contributed by atoms with Crippen molar-refractivity contribution in [1.82, 2.24) is 24.3 Å². The number of aromatic nitrogens is 4. The summed E-state index contributed by atoms with van der Waals surface area (Å²) in [5.74, 6) is 0.893. The molecule has 0 fully saturated rings. The molecule has 0 saturated carbocycles. The molecule has 0 saturated heterocycles. The topological polar surface area (TPSA) is 99.9 Å². The highest BCUT2D eigenvalue weighted by Gasteiger charge is 2.17. The average molecular weight is 487 g/mol. The van der Waals surface area contributed by atoms with Crippen molar-refractivity contribution in [2.24, 2.45) is 0 Å². The van der Waals surface area contributed by atoms with Crippen LogP contribution in [0.15, 0.2) is 67.9 Å². The van der Waals surface area contributed by atoms with Gasteiger partial charge in [-0.1, -0.05) is 6.58 Å². The Kier molecular flexibility index (Phi) is 7.45. The molecule has 0 unspecified atom stereocenters. The van der Waals surface area contributed by atoms with Gasteiger partial charge in [0.05, 0.1) is 48.5 Å². The summed E-state index contributed by atoms with van der Waals surface area (Å²) in [6.07, 6.45) is 10.1. The Bertz CT molecular complexity index is 1370. The molecule has 10 nitrogen and oxygen atoms in total. The number of pyridine rings is 1. The molecule has 0 bridgehead atoms. The summed E-state index contributed by atoms with van der Waals surface area (Å²) in [5.41, 5.74) is 4.65. The Balaban J connectivity index is 1.71. The molecule has 3 aromatic heterocycles. The van der Waals surface area contributed by atoms with Crippen LogP contribution in [-0.4, -0.2) is 71.5 Å². The SMILES string of the molecule is C=CC(=O)Nc1cc(Nc2cn3c(-c4cccnc4)cnc3cn2)c(OC)cc1N(C)CCN(C)C. The number of anilines is 4. The molecule has 0 aliphatic rings. The molecule has 4 rings (SSSR count). The molecule has 0 atom stereocenters. The second kappa shape index (κ2) is 10.9. The van der Waals surface area contributed by atoms with E-state index in [2.05, 4.69) is 42.0 Å². The fourth-order valence-corrected chi connectivity index (χ4v) is 3.73. The molecule has 0 aliphatic heterocycles. The first-order valence-electron chi connectivity index (χ1n) is 11.4. The molecule has 36 heavy (non-hydrogen) atoms. The maximum atomic E-state index is 12.2. The Morgan fingerprint density at radius 3 is 2.67 bits per heavy atom. The largest absolute Gasteiger partial charge is 0.494 e.